The van der Waals surface area contributed by atoms with Gasteiger partial charge in [-0.15, -0.1) is 0 Å². The standard InChI is InChI=1S/C36H51N4O3P/c1-30-26-39(35(2,3)4)27-34(43-30)28-42-29-44(41,37(5)6)40-24-22-38(23-25-40)36(31-16-10-7-11-17-31,32-18-12-8-13-19-32)33-20-14-9-15-21-33/h7-21,30,34H,22-29H2,1-6H3. The number of rotatable bonds is 10. The van der Waals surface area contributed by atoms with Crippen LogP contribution in [0.3, 0.4) is 0 Å². The first-order chi connectivity index (χ1) is 21.0. The molecule has 2 saturated heterocycles. The lowest BCUT2D eigenvalue weighted by atomic mass is 9.75. The van der Waals surface area contributed by atoms with Crippen molar-refractivity contribution in [3.8, 4) is 0 Å². The van der Waals surface area contributed by atoms with E-state index in [2.05, 4.69) is 133 Å². The van der Waals surface area contributed by atoms with Gasteiger partial charge >= 0.3 is 0 Å². The Balaban J connectivity index is 1.35. The average molecular weight is 619 g/mol. The molecule has 7 nitrogen and oxygen atoms in total. The summed E-state index contributed by atoms with van der Waals surface area (Å²) >= 11 is 0. The van der Waals surface area contributed by atoms with Crippen LogP contribution in [0, 0.1) is 0 Å². The Bertz CT molecular complexity index is 1260. The van der Waals surface area contributed by atoms with Gasteiger partial charge in [-0.2, -0.15) is 0 Å². The van der Waals surface area contributed by atoms with E-state index < -0.39 is 13.0 Å². The van der Waals surface area contributed by atoms with Crippen molar-refractivity contribution in [1.82, 2.24) is 19.1 Å². The molecule has 3 aromatic rings. The lowest BCUT2D eigenvalue weighted by Crippen LogP contribution is -2.56. The zero-order valence-electron chi connectivity index (χ0n) is 27.4. The van der Waals surface area contributed by atoms with Crippen LogP contribution in [0.1, 0.15) is 44.4 Å². The quantitative estimate of drug-likeness (QED) is 0.198. The molecule has 238 valence electrons. The molecule has 2 aliphatic heterocycles. The highest BCUT2D eigenvalue weighted by Crippen LogP contribution is 2.53. The molecule has 3 aromatic carbocycles. The molecule has 2 fully saturated rings. The molecule has 8 heteroatoms. The molecular weight excluding hydrogens is 567 g/mol. The lowest BCUT2D eigenvalue weighted by Gasteiger charge is -2.50. The first-order valence-electron chi connectivity index (χ1n) is 16.0. The summed E-state index contributed by atoms with van der Waals surface area (Å²) in [6.45, 7) is 13.9. The molecule has 0 N–H and O–H groups in total. The normalized spacial score (nSPS) is 22.6. The van der Waals surface area contributed by atoms with E-state index in [4.69, 9.17) is 9.47 Å². The van der Waals surface area contributed by atoms with Crippen molar-refractivity contribution in [1.29, 1.82) is 0 Å². The van der Waals surface area contributed by atoms with Crippen LogP contribution in [-0.2, 0) is 19.6 Å². The number of piperazine rings is 1. The maximum atomic E-state index is 14.6. The number of ether oxygens (including phenoxy) is 2. The van der Waals surface area contributed by atoms with E-state index in [1.54, 1.807) is 0 Å². The van der Waals surface area contributed by atoms with E-state index in [-0.39, 0.29) is 24.1 Å². The van der Waals surface area contributed by atoms with E-state index in [1.165, 1.54) is 16.7 Å². The van der Waals surface area contributed by atoms with E-state index in [0.717, 1.165) is 26.2 Å². The number of nitrogens with zero attached hydrogens (tertiary/aromatic N) is 4. The van der Waals surface area contributed by atoms with Crippen LogP contribution < -0.4 is 0 Å². The highest BCUT2D eigenvalue weighted by atomic mass is 31.2. The van der Waals surface area contributed by atoms with Crippen molar-refractivity contribution in [3.05, 3.63) is 108 Å². The minimum atomic E-state index is -2.94. The minimum Gasteiger partial charge on any atom is -0.370 e. The summed E-state index contributed by atoms with van der Waals surface area (Å²) in [7, 11) is 0.888. The Hall–Kier alpha value is -2.35. The van der Waals surface area contributed by atoms with Crippen LogP contribution in [0.4, 0.5) is 0 Å². The molecule has 0 aromatic heterocycles. The van der Waals surface area contributed by atoms with Gasteiger partial charge in [0.25, 0.3) is 0 Å². The maximum Gasteiger partial charge on any atom is 0.241 e. The van der Waals surface area contributed by atoms with Gasteiger partial charge in [0.15, 0.2) is 0 Å². The van der Waals surface area contributed by atoms with Crippen molar-refractivity contribution in [2.45, 2.75) is 51.0 Å². The van der Waals surface area contributed by atoms with Crippen molar-refractivity contribution in [3.63, 3.8) is 0 Å². The van der Waals surface area contributed by atoms with Crippen molar-refractivity contribution < 1.29 is 14.0 Å². The van der Waals surface area contributed by atoms with Gasteiger partial charge in [-0.25, -0.2) is 9.34 Å². The van der Waals surface area contributed by atoms with Crippen molar-refractivity contribution >= 4 is 7.44 Å². The summed E-state index contributed by atoms with van der Waals surface area (Å²) in [5, 5.41) is 0. The predicted molar refractivity (Wildman–Crippen MR) is 180 cm³/mol. The molecule has 0 amide bonds. The minimum absolute atomic E-state index is 0.0336. The summed E-state index contributed by atoms with van der Waals surface area (Å²) in [6.07, 6.45) is 0.295. The number of morpholine rings is 1. The topological polar surface area (TPSA) is 48.5 Å². The molecule has 0 aliphatic carbocycles. The van der Waals surface area contributed by atoms with Crippen LogP contribution in [0.15, 0.2) is 91.0 Å². The molecular formula is C36H51N4O3P. The van der Waals surface area contributed by atoms with Gasteiger partial charge in [0, 0.05) is 44.8 Å². The first-order valence-corrected chi connectivity index (χ1v) is 17.8. The van der Waals surface area contributed by atoms with Gasteiger partial charge in [0.1, 0.15) is 6.35 Å². The Kier molecular flexibility index (Phi) is 10.5. The first kappa shape index (κ1) is 33.0. The second kappa shape index (κ2) is 14.0. The monoisotopic (exact) mass is 618 g/mol. The fourth-order valence-electron chi connectivity index (χ4n) is 6.87. The van der Waals surface area contributed by atoms with Crippen LogP contribution >= 0.6 is 7.44 Å². The Morgan fingerprint density at radius 2 is 1.25 bits per heavy atom. The van der Waals surface area contributed by atoms with E-state index in [0.29, 0.717) is 19.7 Å². The number of benzene rings is 3. The van der Waals surface area contributed by atoms with Crippen molar-refractivity contribution in [2.75, 3.05) is 66.3 Å². The fourth-order valence-corrected chi connectivity index (χ4v) is 8.92. The third-order valence-corrected chi connectivity index (χ3v) is 12.3. The SMILES string of the molecule is CC1CN(C(C)(C)C)CC(COCP(=O)(N(C)C)N2CCN(C(c3ccccc3)(c3ccccc3)c3ccccc3)CC2)O1. The molecule has 44 heavy (non-hydrogen) atoms. The maximum absolute atomic E-state index is 14.6. The number of hydrogen-bond donors (Lipinski definition) is 0. The summed E-state index contributed by atoms with van der Waals surface area (Å²) in [5.74, 6) is 0. The third kappa shape index (κ3) is 6.90. The van der Waals surface area contributed by atoms with Crippen LogP contribution in [0.2, 0.25) is 0 Å². The average Bonchev–Trinajstić information content (AvgIpc) is 3.02. The molecule has 0 radical (unpaired) electrons. The molecule has 3 atom stereocenters. The Morgan fingerprint density at radius 1 is 0.773 bits per heavy atom. The summed E-state index contributed by atoms with van der Waals surface area (Å²) in [5.41, 5.74) is 3.30. The second-order valence-electron chi connectivity index (χ2n) is 13.4. The number of hydrogen-bond acceptors (Lipinski definition) is 5. The van der Waals surface area contributed by atoms with Gasteiger partial charge in [-0.3, -0.25) is 14.4 Å². The smallest absolute Gasteiger partial charge is 0.241 e. The highest BCUT2D eigenvalue weighted by Gasteiger charge is 2.45. The van der Waals surface area contributed by atoms with Crippen LogP contribution in [-0.4, -0.2) is 103 Å². The summed E-state index contributed by atoms with van der Waals surface area (Å²) < 4.78 is 31.1. The molecule has 5 rings (SSSR count). The molecule has 0 saturated carbocycles. The predicted octanol–water partition coefficient (Wildman–Crippen LogP) is 6.21. The van der Waals surface area contributed by atoms with Crippen molar-refractivity contribution in [2.24, 2.45) is 0 Å². The van der Waals surface area contributed by atoms with Crippen LogP contribution in [0.5, 0.6) is 0 Å². The summed E-state index contributed by atoms with van der Waals surface area (Å²) in [6, 6.07) is 32.4. The fraction of sp³-hybridized carbons (Fsp3) is 0.500. The Labute approximate surface area is 265 Å². The molecule has 3 unspecified atom stereocenters. The largest absolute Gasteiger partial charge is 0.370 e. The molecule has 2 aliphatic rings. The second-order valence-corrected chi connectivity index (χ2v) is 16.4. The van der Waals surface area contributed by atoms with E-state index in [9.17, 15) is 4.57 Å². The lowest BCUT2D eigenvalue weighted by molar-refractivity contribution is -0.122. The van der Waals surface area contributed by atoms with Gasteiger partial charge in [0.2, 0.25) is 7.44 Å². The van der Waals surface area contributed by atoms with Gasteiger partial charge in [-0.1, -0.05) is 91.0 Å². The zero-order valence-corrected chi connectivity index (χ0v) is 28.3. The van der Waals surface area contributed by atoms with Gasteiger partial charge < -0.3 is 9.47 Å². The third-order valence-electron chi connectivity index (χ3n) is 9.21. The van der Waals surface area contributed by atoms with E-state index >= 15 is 0 Å². The van der Waals surface area contributed by atoms with Crippen LogP contribution in [0.25, 0.3) is 0 Å². The van der Waals surface area contributed by atoms with Gasteiger partial charge in [0.05, 0.1) is 24.4 Å². The van der Waals surface area contributed by atoms with E-state index in [1.807, 2.05) is 18.8 Å². The molecule has 2 heterocycles. The Morgan fingerprint density at radius 3 is 1.68 bits per heavy atom. The molecule has 0 bridgehead atoms. The summed E-state index contributed by atoms with van der Waals surface area (Å²) in [4.78, 5) is 5.03. The van der Waals surface area contributed by atoms with Gasteiger partial charge in [-0.05, 0) is 58.5 Å². The highest BCUT2D eigenvalue weighted by molar-refractivity contribution is 7.58. The zero-order chi connectivity index (χ0) is 31.4. The molecule has 0 spiro atoms.